The molecule has 0 atom stereocenters. The monoisotopic (exact) mass is 447 g/mol. The average Bonchev–Trinajstić information content (AvgIpc) is 2.77. The van der Waals surface area contributed by atoms with E-state index in [9.17, 15) is 13.2 Å². The third-order valence-electron chi connectivity index (χ3n) is 5.17. The van der Waals surface area contributed by atoms with E-state index in [-0.39, 0.29) is 12.5 Å². The van der Waals surface area contributed by atoms with Gasteiger partial charge in [0, 0.05) is 37.9 Å². The SMILES string of the molecule is CCOc1cccc(N(CC(=O)N2CCN(c3ccc(OC)cc3)CC2)S(C)(=O)=O)c1. The van der Waals surface area contributed by atoms with Crippen molar-refractivity contribution in [2.24, 2.45) is 0 Å². The molecule has 3 rings (SSSR count). The Morgan fingerprint density at radius 3 is 2.29 bits per heavy atom. The molecule has 8 nitrogen and oxygen atoms in total. The first kappa shape index (κ1) is 22.7. The zero-order chi connectivity index (χ0) is 22.4. The predicted octanol–water partition coefficient (Wildman–Crippen LogP) is 2.21. The van der Waals surface area contributed by atoms with Crippen LogP contribution in [-0.2, 0) is 14.8 Å². The van der Waals surface area contributed by atoms with Gasteiger partial charge in [-0.3, -0.25) is 9.10 Å². The summed E-state index contributed by atoms with van der Waals surface area (Å²) in [7, 11) is -2.00. The Morgan fingerprint density at radius 2 is 1.71 bits per heavy atom. The molecule has 0 aliphatic carbocycles. The highest BCUT2D eigenvalue weighted by Gasteiger charge is 2.27. The number of sulfonamides is 1. The van der Waals surface area contributed by atoms with E-state index in [1.807, 2.05) is 31.2 Å². The summed E-state index contributed by atoms with van der Waals surface area (Å²) in [6.45, 7) is 4.50. The third-order valence-corrected chi connectivity index (χ3v) is 6.31. The van der Waals surface area contributed by atoms with Crippen LogP contribution in [0.5, 0.6) is 11.5 Å². The Morgan fingerprint density at radius 1 is 1.03 bits per heavy atom. The number of carbonyl (C=O) groups excluding carboxylic acids is 1. The molecule has 2 aromatic carbocycles. The highest BCUT2D eigenvalue weighted by Crippen LogP contribution is 2.24. The summed E-state index contributed by atoms with van der Waals surface area (Å²) < 4.78 is 36.6. The molecular weight excluding hydrogens is 418 g/mol. The van der Waals surface area contributed by atoms with Crippen LogP contribution in [0.1, 0.15) is 6.92 Å². The Labute approximate surface area is 184 Å². The molecule has 168 valence electrons. The maximum Gasteiger partial charge on any atom is 0.243 e. The molecule has 1 fully saturated rings. The molecule has 0 N–H and O–H groups in total. The van der Waals surface area contributed by atoms with Crippen molar-refractivity contribution in [2.75, 3.05) is 61.9 Å². The summed E-state index contributed by atoms with van der Waals surface area (Å²) in [4.78, 5) is 16.8. The Balaban J connectivity index is 1.65. The molecule has 0 unspecified atom stereocenters. The fourth-order valence-corrected chi connectivity index (χ4v) is 4.37. The molecule has 1 heterocycles. The lowest BCUT2D eigenvalue weighted by Gasteiger charge is -2.37. The lowest BCUT2D eigenvalue weighted by Crippen LogP contribution is -2.52. The van der Waals surface area contributed by atoms with Crippen LogP contribution in [0.15, 0.2) is 48.5 Å². The summed E-state index contributed by atoms with van der Waals surface area (Å²) in [6.07, 6.45) is 1.11. The quantitative estimate of drug-likeness (QED) is 0.617. The van der Waals surface area contributed by atoms with E-state index in [4.69, 9.17) is 9.47 Å². The van der Waals surface area contributed by atoms with Gasteiger partial charge in [-0.25, -0.2) is 8.42 Å². The van der Waals surface area contributed by atoms with Gasteiger partial charge in [-0.2, -0.15) is 0 Å². The van der Waals surface area contributed by atoms with Gasteiger partial charge >= 0.3 is 0 Å². The zero-order valence-electron chi connectivity index (χ0n) is 18.2. The number of methoxy groups -OCH3 is 1. The number of anilines is 2. The maximum atomic E-state index is 12.9. The minimum atomic E-state index is -3.64. The van der Waals surface area contributed by atoms with Crippen molar-refractivity contribution in [1.82, 2.24) is 4.90 Å². The van der Waals surface area contributed by atoms with Crippen LogP contribution in [0.3, 0.4) is 0 Å². The second-order valence-corrected chi connectivity index (χ2v) is 9.17. The number of rotatable bonds is 8. The van der Waals surface area contributed by atoms with Gasteiger partial charge in [0.1, 0.15) is 18.0 Å². The summed E-state index contributed by atoms with van der Waals surface area (Å²) in [5.41, 5.74) is 1.48. The van der Waals surface area contributed by atoms with E-state index in [0.717, 1.165) is 22.0 Å². The second-order valence-electron chi connectivity index (χ2n) is 7.27. The van der Waals surface area contributed by atoms with Crippen molar-refractivity contribution in [1.29, 1.82) is 0 Å². The molecule has 1 saturated heterocycles. The summed E-state index contributed by atoms with van der Waals surface area (Å²) in [6, 6.07) is 14.6. The van der Waals surface area contributed by atoms with Crippen LogP contribution in [0.2, 0.25) is 0 Å². The largest absolute Gasteiger partial charge is 0.497 e. The minimum absolute atomic E-state index is 0.221. The maximum absolute atomic E-state index is 12.9. The zero-order valence-corrected chi connectivity index (χ0v) is 19.0. The third kappa shape index (κ3) is 5.81. The van der Waals surface area contributed by atoms with Gasteiger partial charge in [0.05, 0.1) is 25.7 Å². The van der Waals surface area contributed by atoms with Crippen molar-refractivity contribution in [3.63, 3.8) is 0 Å². The van der Waals surface area contributed by atoms with Gasteiger partial charge in [0.2, 0.25) is 15.9 Å². The number of carbonyl (C=O) groups is 1. The van der Waals surface area contributed by atoms with E-state index < -0.39 is 10.0 Å². The Bertz CT molecular complexity index is 986. The fraction of sp³-hybridized carbons (Fsp3) is 0.409. The van der Waals surface area contributed by atoms with Crippen LogP contribution in [-0.4, -0.2) is 71.9 Å². The molecule has 0 aromatic heterocycles. The number of amides is 1. The van der Waals surface area contributed by atoms with Crippen molar-refractivity contribution in [3.8, 4) is 11.5 Å². The molecule has 1 amide bonds. The van der Waals surface area contributed by atoms with Crippen molar-refractivity contribution >= 4 is 27.3 Å². The van der Waals surface area contributed by atoms with E-state index in [2.05, 4.69) is 4.90 Å². The minimum Gasteiger partial charge on any atom is -0.497 e. The van der Waals surface area contributed by atoms with Crippen LogP contribution >= 0.6 is 0 Å². The van der Waals surface area contributed by atoms with Crippen molar-refractivity contribution in [3.05, 3.63) is 48.5 Å². The van der Waals surface area contributed by atoms with Crippen LogP contribution in [0, 0.1) is 0 Å². The Hall–Kier alpha value is -2.94. The lowest BCUT2D eigenvalue weighted by atomic mass is 10.2. The highest BCUT2D eigenvalue weighted by molar-refractivity contribution is 7.92. The normalized spacial score (nSPS) is 14.3. The highest BCUT2D eigenvalue weighted by atomic mass is 32.2. The number of benzene rings is 2. The summed E-state index contributed by atoms with van der Waals surface area (Å²) in [5.74, 6) is 1.14. The van der Waals surface area contributed by atoms with E-state index in [0.29, 0.717) is 44.2 Å². The standard InChI is InChI=1S/C22H29N3O5S/c1-4-30-21-7-5-6-19(16-21)25(31(3,27)28)17-22(26)24-14-12-23(13-15-24)18-8-10-20(29-2)11-9-18/h5-11,16H,4,12-15,17H2,1-3H3. The lowest BCUT2D eigenvalue weighted by molar-refractivity contribution is -0.129. The van der Waals surface area contributed by atoms with Gasteiger partial charge in [0.25, 0.3) is 0 Å². The van der Waals surface area contributed by atoms with E-state index in [1.165, 1.54) is 0 Å². The molecule has 0 spiro atoms. The fourth-order valence-electron chi connectivity index (χ4n) is 3.53. The van der Waals surface area contributed by atoms with Crippen LogP contribution in [0.25, 0.3) is 0 Å². The summed E-state index contributed by atoms with van der Waals surface area (Å²) >= 11 is 0. The number of nitrogens with zero attached hydrogens (tertiary/aromatic N) is 3. The van der Waals surface area contributed by atoms with Crippen molar-refractivity contribution in [2.45, 2.75) is 6.92 Å². The van der Waals surface area contributed by atoms with Crippen molar-refractivity contribution < 1.29 is 22.7 Å². The van der Waals surface area contributed by atoms with Crippen LogP contribution < -0.4 is 18.7 Å². The second kappa shape index (κ2) is 9.91. The molecule has 1 aliphatic rings. The number of hydrogen-bond acceptors (Lipinski definition) is 6. The van der Waals surface area contributed by atoms with Gasteiger partial charge in [0.15, 0.2) is 0 Å². The molecule has 0 bridgehead atoms. The molecule has 2 aromatic rings. The average molecular weight is 448 g/mol. The molecule has 0 saturated carbocycles. The molecule has 31 heavy (non-hydrogen) atoms. The molecular formula is C22H29N3O5S. The van der Waals surface area contributed by atoms with Gasteiger partial charge in [-0.1, -0.05) is 6.07 Å². The topological polar surface area (TPSA) is 79.4 Å². The van der Waals surface area contributed by atoms with E-state index in [1.54, 1.807) is 36.3 Å². The first-order valence-electron chi connectivity index (χ1n) is 10.2. The van der Waals surface area contributed by atoms with Gasteiger partial charge < -0.3 is 19.3 Å². The van der Waals surface area contributed by atoms with E-state index >= 15 is 0 Å². The first-order valence-corrected chi connectivity index (χ1v) is 12.0. The number of ether oxygens (including phenoxy) is 2. The Kier molecular flexibility index (Phi) is 7.27. The first-order chi connectivity index (χ1) is 14.8. The predicted molar refractivity (Wildman–Crippen MR) is 122 cm³/mol. The molecule has 9 heteroatoms. The van der Waals surface area contributed by atoms with Gasteiger partial charge in [-0.15, -0.1) is 0 Å². The molecule has 1 aliphatic heterocycles. The summed E-state index contributed by atoms with van der Waals surface area (Å²) in [5, 5.41) is 0. The number of hydrogen-bond donors (Lipinski definition) is 0. The smallest absolute Gasteiger partial charge is 0.243 e. The molecule has 0 radical (unpaired) electrons. The van der Waals surface area contributed by atoms with Crippen LogP contribution in [0.4, 0.5) is 11.4 Å². The number of piperazine rings is 1. The van der Waals surface area contributed by atoms with Gasteiger partial charge in [-0.05, 0) is 43.3 Å².